The van der Waals surface area contributed by atoms with Gasteiger partial charge in [0.2, 0.25) is 11.8 Å². The van der Waals surface area contributed by atoms with Gasteiger partial charge < -0.3 is 10.6 Å². The van der Waals surface area contributed by atoms with Crippen LogP contribution in [0.5, 0.6) is 0 Å². The van der Waals surface area contributed by atoms with Gasteiger partial charge in [0.25, 0.3) is 0 Å². The standard InChI is InChI=1S/C21H23ClF3N3O2/c1-4-14-5-7-15(8-6-14)27-20(30)13(2)28(3)12-19(29)26-16-9-10-18(22)17(11-16)21(23,24)25/h5-11,13H,4,12H2,1-3H3,(H,26,29)(H,27,30)/t13-/m0/s1. The second-order valence-corrected chi connectivity index (χ2v) is 7.28. The van der Waals surface area contributed by atoms with Crippen molar-refractivity contribution in [1.29, 1.82) is 0 Å². The summed E-state index contributed by atoms with van der Waals surface area (Å²) in [5, 5.41) is 4.72. The fourth-order valence-electron chi connectivity index (χ4n) is 2.65. The van der Waals surface area contributed by atoms with Gasteiger partial charge in [-0.2, -0.15) is 13.2 Å². The Balaban J connectivity index is 1.95. The van der Waals surface area contributed by atoms with E-state index in [1.165, 1.54) is 11.0 Å². The Morgan fingerprint density at radius 2 is 1.67 bits per heavy atom. The summed E-state index contributed by atoms with van der Waals surface area (Å²) in [6, 6.07) is 9.92. The third-order valence-corrected chi connectivity index (χ3v) is 4.95. The van der Waals surface area contributed by atoms with Gasteiger partial charge in [-0.15, -0.1) is 0 Å². The molecule has 0 radical (unpaired) electrons. The summed E-state index contributed by atoms with van der Waals surface area (Å²) in [5.74, 6) is -0.861. The Morgan fingerprint density at radius 3 is 2.23 bits per heavy atom. The van der Waals surface area contributed by atoms with Gasteiger partial charge in [-0.25, -0.2) is 0 Å². The minimum absolute atomic E-state index is 0.0294. The van der Waals surface area contributed by atoms with Crippen molar-refractivity contribution in [1.82, 2.24) is 4.90 Å². The van der Waals surface area contributed by atoms with Gasteiger partial charge >= 0.3 is 6.18 Å². The van der Waals surface area contributed by atoms with E-state index in [0.717, 1.165) is 24.1 Å². The van der Waals surface area contributed by atoms with Crippen LogP contribution in [0.4, 0.5) is 24.5 Å². The van der Waals surface area contributed by atoms with Crippen LogP contribution < -0.4 is 10.6 Å². The fraction of sp³-hybridized carbons (Fsp3) is 0.333. The van der Waals surface area contributed by atoms with E-state index in [2.05, 4.69) is 10.6 Å². The summed E-state index contributed by atoms with van der Waals surface area (Å²) in [6.07, 6.45) is -3.74. The van der Waals surface area contributed by atoms with Crippen LogP contribution in [0.3, 0.4) is 0 Å². The molecule has 0 aliphatic carbocycles. The van der Waals surface area contributed by atoms with Crippen LogP contribution >= 0.6 is 11.6 Å². The molecule has 0 bridgehead atoms. The average Bonchev–Trinajstić information content (AvgIpc) is 2.68. The van der Waals surface area contributed by atoms with Gasteiger partial charge in [0.15, 0.2) is 0 Å². The fourth-order valence-corrected chi connectivity index (χ4v) is 2.88. The van der Waals surface area contributed by atoms with Crippen LogP contribution in [0.1, 0.15) is 25.0 Å². The van der Waals surface area contributed by atoms with Gasteiger partial charge in [0.05, 0.1) is 23.2 Å². The molecule has 0 saturated carbocycles. The van der Waals surface area contributed by atoms with E-state index >= 15 is 0 Å². The minimum Gasteiger partial charge on any atom is -0.325 e. The van der Waals surface area contributed by atoms with Gasteiger partial charge in [0, 0.05) is 11.4 Å². The maximum atomic E-state index is 12.9. The number of aryl methyl sites for hydroxylation is 1. The molecular formula is C21H23ClF3N3O2. The normalized spacial score (nSPS) is 12.5. The summed E-state index contributed by atoms with van der Waals surface area (Å²) in [4.78, 5) is 26.1. The zero-order valence-corrected chi connectivity index (χ0v) is 17.6. The Bertz CT molecular complexity index is 901. The summed E-state index contributed by atoms with van der Waals surface area (Å²) >= 11 is 5.58. The van der Waals surface area contributed by atoms with Gasteiger partial charge in [-0.05, 0) is 56.3 Å². The molecule has 5 nitrogen and oxygen atoms in total. The summed E-state index contributed by atoms with van der Waals surface area (Å²) < 4.78 is 38.8. The molecule has 0 fully saturated rings. The van der Waals surface area contributed by atoms with Crippen molar-refractivity contribution in [3.63, 3.8) is 0 Å². The number of nitrogens with one attached hydrogen (secondary N) is 2. The molecule has 162 valence electrons. The minimum atomic E-state index is -4.63. The first kappa shape index (κ1) is 23.7. The molecule has 0 aromatic heterocycles. The van der Waals surface area contributed by atoms with Crippen LogP contribution in [0.2, 0.25) is 5.02 Å². The van der Waals surface area contributed by atoms with Gasteiger partial charge in [-0.3, -0.25) is 14.5 Å². The van der Waals surface area contributed by atoms with Gasteiger partial charge in [-0.1, -0.05) is 30.7 Å². The summed E-state index contributed by atoms with van der Waals surface area (Å²) in [5.41, 5.74) is 0.726. The molecule has 2 amide bonds. The quantitative estimate of drug-likeness (QED) is 0.647. The maximum Gasteiger partial charge on any atom is 0.417 e. The Hall–Kier alpha value is -2.58. The highest BCUT2D eigenvalue weighted by atomic mass is 35.5. The number of hydrogen-bond donors (Lipinski definition) is 2. The number of alkyl halides is 3. The molecule has 2 aromatic carbocycles. The second kappa shape index (κ2) is 9.95. The molecule has 0 aliphatic heterocycles. The first-order chi connectivity index (χ1) is 14.0. The van der Waals surface area contributed by atoms with E-state index in [4.69, 9.17) is 11.6 Å². The molecule has 2 rings (SSSR count). The van der Waals surface area contributed by atoms with E-state index in [0.29, 0.717) is 5.69 Å². The number of rotatable bonds is 7. The number of halogens is 4. The Labute approximate surface area is 178 Å². The van der Waals surface area contributed by atoms with E-state index in [9.17, 15) is 22.8 Å². The van der Waals surface area contributed by atoms with Crippen molar-refractivity contribution in [3.8, 4) is 0 Å². The van der Waals surface area contributed by atoms with Crippen molar-refractivity contribution in [3.05, 3.63) is 58.6 Å². The molecule has 1 atom stereocenters. The molecule has 0 heterocycles. The second-order valence-electron chi connectivity index (χ2n) is 6.87. The molecule has 30 heavy (non-hydrogen) atoms. The number of amides is 2. The van der Waals surface area contributed by atoms with E-state index in [1.54, 1.807) is 26.1 Å². The number of carbonyl (C=O) groups excluding carboxylic acids is 2. The maximum absolute atomic E-state index is 12.9. The molecular weight excluding hydrogens is 419 g/mol. The third-order valence-electron chi connectivity index (χ3n) is 4.62. The highest BCUT2D eigenvalue weighted by Gasteiger charge is 2.33. The molecule has 0 aliphatic rings. The van der Waals surface area contributed by atoms with E-state index in [1.807, 2.05) is 19.1 Å². The molecule has 0 saturated heterocycles. The summed E-state index contributed by atoms with van der Waals surface area (Å²) in [7, 11) is 1.58. The monoisotopic (exact) mass is 441 g/mol. The van der Waals surface area contributed by atoms with Crippen molar-refractivity contribution in [2.24, 2.45) is 0 Å². The van der Waals surface area contributed by atoms with Crippen molar-refractivity contribution >= 4 is 34.8 Å². The van der Waals surface area contributed by atoms with Crippen LogP contribution in [-0.2, 0) is 22.2 Å². The first-order valence-corrected chi connectivity index (χ1v) is 9.65. The average molecular weight is 442 g/mol. The highest BCUT2D eigenvalue weighted by Crippen LogP contribution is 2.36. The number of nitrogens with zero attached hydrogens (tertiary/aromatic N) is 1. The predicted octanol–water partition coefficient (Wildman–Crippen LogP) is 4.82. The number of benzene rings is 2. The van der Waals surface area contributed by atoms with Crippen molar-refractivity contribution in [2.75, 3.05) is 24.2 Å². The molecule has 0 spiro atoms. The lowest BCUT2D eigenvalue weighted by atomic mass is 10.1. The number of hydrogen-bond acceptors (Lipinski definition) is 3. The predicted molar refractivity (Wildman–Crippen MR) is 112 cm³/mol. The number of carbonyl (C=O) groups is 2. The van der Waals surface area contributed by atoms with Crippen molar-refractivity contribution in [2.45, 2.75) is 32.5 Å². The number of anilines is 2. The molecule has 0 unspecified atom stereocenters. The molecule has 2 aromatic rings. The molecule has 2 N–H and O–H groups in total. The summed E-state index contributed by atoms with van der Waals surface area (Å²) in [6.45, 7) is 3.48. The van der Waals surface area contributed by atoms with E-state index in [-0.39, 0.29) is 18.1 Å². The lowest BCUT2D eigenvalue weighted by Crippen LogP contribution is -2.43. The van der Waals surface area contributed by atoms with Crippen LogP contribution in [0.25, 0.3) is 0 Å². The first-order valence-electron chi connectivity index (χ1n) is 9.28. The van der Waals surface area contributed by atoms with Crippen LogP contribution in [-0.4, -0.2) is 36.3 Å². The smallest absolute Gasteiger partial charge is 0.325 e. The largest absolute Gasteiger partial charge is 0.417 e. The van der Waals surface area contributed by atoms with Crippen LogP contribution in [0, 0.1) is 0 Å². The van der Waals surface area contributed by atoms with Gasteiger partial charge in [0.1, 0.15) is 0 Å². The Morgan fingerprint density at radius 1 is 1.07 bits per heavy atom. The van der Waals surface area contributed by atoms with E-state index < -0.39 is 28.7 Å². The lowest BCUT2D eigenvalue weighted by molar-refractivity contribution is -0.137. The number of likely N-dealkylation sites (N-methyl/N-ethyl adjacent to an activating group) is 1. The SMILES string of the molecule is CCc1ccc(NC(=O)[C@H](C)N(C)CC(=O)Nc2ccc(Cl)c(C(F)(F)F)c2)cc1. The zero-order valence-electron chi connectivity index (χ0n) is 16.8. The highest BCUT2D eigenvalue weighted by molar-refractivity contribution is 6.31. The lowest BCUT2D eigenvalue weighted by Gasteiger charge is -2.23. The molecule has 9 heteroatoms. The third kappa shape index (κ3) is 6.47. The van der Waals surface area contributed by atoms with Crippen LogP contribution in [0.15, 0.2) is 42.5 Å². The van der Waals surface area contributed by atoms with Crippen molar-refractivity contribution < 1.29 is 22.8 Å². The Kier molecular flexibility index (Phi) is 7.86. The topological polar surface area (TPSA) is 61.4 Å². The zero-order chi connectivity index (χ0) is 22.5.